The molecule has 2 aromatic carbocycles. The van der Waals surface area contributed by atoms with E-state index >= 15 is 0 Å². The second-order valence-electron chi connectivity index (χ2n) is 8.04. The molecule has 0 bridgehead atoms. The van der Waals surface area contributed by atoms with Crippen LogP contribution in [0.2, 0.25) is 0 Å². The lowest BCUT2D eigenvalue weighted by atomic mass is 9.68. The van der Waals surface area contributed by atoms with Gasteiger partial charge in [0.25, 0.3) is 0 Å². The smallest absolute Gasteiger partial charge is 0.227 e. The zero-order valence-corrected chi connectivity index (χ0v) is 15.1. The molecule has 3 fully saturated rings. The van der Waals surface area contributed by atoms with Gasteiger partial charge >= 0.3 is 0 Å². The van der Waals surface area contributed by atoms with E-state index in [9.17, 15) is 4.79 Å². The molecule has 2 aromatic rings. The summed E-state index contributed by atoms with van der Waals surface area (Å²) in [6.07, 6.45) is 4.30. The van der Waals surface area contributed by atoms with Crippen molar-refractivity contribution in [2.75, 3.05) is 13.1 Å². The van der Waals surface area contributed by atoms with E-state index in [4.69, 9.17) is 0 Å². The minimum atomic E-state index is -0.289. The second-order valence-corrected chi connectivity index (χ2v) is 8.04. The topological polar surface area (TPSA) is 32.3 Å². The molecule has 3 aliphatic rings. The Hall–Kier alpha value is -2.13. The van der Waals surface area contributed by atoms with Gasteiger partial charge in [0, 0.05) is 18.4 Å². The molecule has 0 aromatic heterocycles. The summed E-state index contributed by atoms with van der Waals surface area (Å²) < 4.78 is 0. The summed E-state index contributed by atoms with van der Waals surface area (Å²) >= 11 is 0. The number of rotatable bonds is 2. The second kappa shape index (κ2) is 6.24. The highest BCUT2D eigenvalue weighted by molar-refractivity contribution is 5.84. The number of benzene rings is 2. The van der Waals surface area contributed by atoms with Crippen LogP contribution in [0.3, 0.4) is 0 Å². The molecule has 0 radical (unpaired) electrons. The summed E-state index contributed by atoms with van der Waals surface area (Å²) in [6, 6.07) is 21.4. The van der Waals surface area contributed by atoms with Gasteiger partial charge in [0.2, 0.25) is 5.91 Å². The van der Waals surface area contributed by atoms with Crippen LogP contribution in [0.4, 0.5) is 0 Å². The van der Waals surface area contributed by atoms with Crippen molar-refractivity contribution in [2.24, 2.45) is 11.8 Å². The lowest BCUT2D eigenvalue weighted by molar-refractivity contribution is -0.136. The van der Waals surface area contributed by atoms with E-state index < -0.39 is 0 Å². The average molecular weight is 346 g/mol. The quantitative estimate of drug-likeness (QED) is 0.895. The van der Waals surface area contributed by atoms with Gasteiger partial charge < -0.3 is 4.90 Å². The largest absolute Gasteiger partial charge is 0.320 e. The van der Waals surface area contributed by atoms with E-state index in [-0.39, 0.29) is 11.6 Å². The molecule has 5 rings (SSSR count). The number of carbonyl (C=O) groups is 1. The summed E-state index contributed by atoms with van der Waals surface area (Å²) in [7, 11) is 0. The number of carbonyl (C=O) groups excluding carboxylic acids is 1. The van der Waals surface area contributed by atoms with Crippen molar-refractivity contribution in [1.29, 1.82) is 0 Å². The van der Waals surface area contributed by atoms with Crippen LogP contribution >= 0.6 is 0 Å². The van der Waals surface area contributed by atoms with Gasteiger partial charge in [-0.05, 0) is 49.3 Å². The minimum absolute atomic E-state index is 0.139. The van der Waals surface area contributed by atoms with Crippen molar-refractivity contribution in [1.82, 2.24) is 10.2 Å². The third-order valence-electron chi connectivity index (χ3n) is 6.83. The molecular formula is C23H26N2O. The van der Waals surface area contributed by atoms with Crippen molar-refractivity contribution in [3.63, 3.8) is 0 Å². The van der Waals surface area contributed by atoms with Crippen molar-refractivity contribution in [3.8, 4) is 0 Å². The van der Waals surface area contributed by atoms with Gasteiger partial charge in [-0.3, -0.25) is 10.1 Å². The van der Waals surface area contributed by atoms with Gasteiger partial charge in [-0.1, -0.05) is 60.7 Å². The monoisotopic (exact) mass is 346 g/mol. The Kier molecular flexibility index (Phi) is 3.86. The maximum atomic E-state index is 13.4. The van der Waals surface area contributed by atoms with Crippen molar-refractivity contribution in [2.45, 2.75) is 37.3 Å². The summed E-state index contributed by atoms with van der Waals surface area (Å²) in [6.45, 7) is 1.87. The highest BCUT2D eigenvalue weighted by Gasteiger charge is 2.60. The Balaban J connectivity index is 1.53. The molecule has 4 atom stereocenters. The Morgan fingerprint density at radius 1 is 0.962 bits per heavy atom. The molecule has 1 aliphatic carbocycles. The van der Waals surface area contributed by atoms with Crippen LogP contribution in [-0.2, 0) is 10.5 Å². The SMILES string of the molecule is O=C1[C@@H]2C[C@@H](c3ccccc3)CC[C@@H]2[C@@]2(c3ccccc3)NCCCN12. The van der Waals surface area contributed by atoms with Crippen LogP contribution in [0.1, 0.15) is 42.7 Å². The van der Waals surface area contributed by atoms with Gasteiger partial charge in [-0.25, -0.2) is 0 Å². The zero-order valence-electron chi connectivity index (χ0n) is 15.1. The molecular weight excluding hydrogens is 320 g/mol. The number of hydrogen-bond acceptors (Lipinski definition) is 2. The normalized spacial score (nSPS) is 33.6. The first-order valence-corrected chi connectivity index (χ1v) is 9.97. The molecule has 0 unspecified atom stereocenters. The molecule has 3 nitrogen and oxygen atoms in total. The third-order valence-corrected chi connectivity index (χ3v) is 6.83. The van der Waals surface area contributed by atoms with E-state index in [2.05, 4.69) is 70.9 Å². The first kappa shape index (κ1) is 16.1. The summed E-state index contributed by atoms with van der Waals surface area (Å²) in [4.78, 5) is 15.6. The van der Waals surface area contributed by atoms with Crippen molar-refractivity contribution >= 4 is 5.91 Å². The fraction of sp³-hybridized carbons (Fsp3) is 0.435. The number of fused-ring (bicyclic) bond motifs is 3. The molecule has 2 heterocycles. The van der Waals surface area contributed by atoms with E-state index in [1.807, 2.05) is 0 Å². The van der Waals surface area contributed by atoms with Crippen LogP contribution in [0.5, 0.6) is 0 Å². The van der Waals surface area contributed by atoms with E-state index in [1.54, 1.807) is 0 Å². The molecule has 3 heteroatoms. The lowest BCUT2D eigenvalue weighted by Crippen LogP contribution is -2.61. The first-order valence-electron chi connectivity index (χ1n) is 9.97. The predicted molar refractivity (Wildman–Crippen MR) is 102 cm³/mol. The Morgan fingerprint density at radius 2 is 1.69 bits per heavy atom. The molecule has 2 saturated heterocycles. The fourth-order valence-electron chi connectivity index (χ4n) is 5.74. The molecule has 0 spiro atoms. The standard InChI is InChI=1S/C23H26N2O/c26-22-20-16-18(17-8-3-1-4-9-17)12-13-21(20)23(19-10-5-2-6-11-19)24-14-7-15-25(22)23/h1-6,8-11,18,20-21,24H,7,12-16H2/t18-,20+,21-,23-/m0/s1. The van der Waals surface area contributed by atoms with Gasteiger partial charge in [0.05, 0.1) is 0 Å². The number of amides is 1. The number of nitrogens with zero attached hydrogens (tertiary/aromatic N) is 1. The summed E-state index contributed by atoms with van der Waals surface area (Å²) in [5.74, 6) is 1.39. The van der Waals surface area contributed by atoms with Gasteiger partial charge in [0.1, 0.15) is 5.66 Å². The van der Waals surface area contributed by atoms with Gasteiger partial charge in [-0.15, -0.1) is 0 Å². The number of hydrogen-bond donors (Lipinski definition) is 1. The molecule has 1 N–H and O–H groups in total. The molecule has 134 valence electrons. The average Bonchev–Trinajstić information content (AvgIpc) is 2.99. The molecule has 26 heavy (non-hydrogen) atoms. The van der Waals surface area contributed by atoms with Crippen molar-refractivity contribution < 1.29 is 4.79 Å². The van der Waals surface area contributed by atoms with Gasteiger partial charge in [0.15, 0.2) is 0 Å². The molecule has 1 amide bonds. The van der Waals surface area contributed by atoms with E-state index in [0.717, 1.165) is 32.4 Å². The first-order chi connectivity index (χ1) is 12.8. The van der Waals surface area contributed by atoms with Crippen molar-refractivity contribution in [3.05, 3.63) is 71.8 Å². The Labute approximate surface area is 155 Å². The van der Waals surface area contributed by atoms with Crippen LogP contribution in [0, 0.1) is 11.8 Å². The molecule has 1 saturated carbocycles. The minimum Gasteiger partial charge on any atom is -0.320 e. The van der Waals surface area contributed by atoms with Crippen LogP contribution in [0.25, 0.3) is 0 Å². The van der Waals surface area contributed by atoms with Crippen LogP contribution < -0.4 is 5.32 Å². The maximum Gasteiger partial charge on any atom is 0.227 e. The lowest BCUT2D eigenvalue weighted by Gasteiger charge is -2.48. The van der Waals surface area contributed by atoms with E-state index in [1.165, 1.54) is 17.5 Å². The van der Waals surface area contributed by atoms with Crippen LogP contribution in [-0.4, -0.2) is 23.9 Å². The highest BCUT2D eigenvalue weighted by Crippen LogP contribution is 2.54. The zero-order chi connectivity index (χ0) is 17.6. The predicted octanol–water partition coefficient (Wildman–Crippen LogP) is 3.88. The summed E-state index contributed by atoms with van der Waals surface area (Å²) in [5.41, 5.74) is 2.37. The summed E-state index contributed by atoms with van der Waals surface area (Å²) in [5, 5.41) is 3.80. The van der Waals surface area contributed by atoms with Gasteiger partial charge in [-0.2, -0.15) is 0 Å². The van der Waals surface area contributed by atoms with E-state index in [0.29, 0.717) is 17.7 Å². The van der Waals surface area contributed by atoms with Crippen LogP contribution in [0.15, 0.2) is 60.7 Å². The Bertz CT molecular complexity index is 790. The molecule has 2 aliphatic heterocycles. The Morgan fingerprint density at radius 3 is 2.46 bits per heavy atom. The third kappa shape index (κ3) is 2.26. The fourth-order valence-corrected chi connectivity index (χ4v) is 5.74. The highest BCUT2D eigenvalue weighted by atomic mass is 16.2. The number of nitrogens with one attached hydrogen (secondary N) is 1. The maximum absolute atomic E-state index is 13.4.